The molecule has 3 aliphatic heterocycles. The second-order valence-corrected chi connectivity index (χ2v) is 9.07. The van der Waals surface area contributed by atoms with E-state index >= 15 is 0 Å². The maximum Gasteiger partial charge on any atom is 0.251 e. The second-order valence-electron chi connectivity index (χ2n) is 9.07. The van der Waals surface area contributed by atoms with Crippen LogP contribution in [0.5, 0.6) is 0 Å². The van der Waals surface area contributed by atoms with Gasteiger partial charge in [0.05, 0.1) is 18.2 Å². The second kappa shape index (κ2) is 9.81. The van der Waals surface area contributed by atoms with Crippen LogP contribution in [0.25, 0.3) is 0 Å². The summed E-state index contributed by atoms with van der Waals surface area (Å²) in [5.41, 5.74) is 1.02. The SMILES string of the molecule is CC(=O)Nc1cccc(N2C(=O)C[C@H](N3CCC(C(=O)N4CCCCCC4)CC3)C2=O)c1. The van der Waals surface area contributed by atoms with Crippen molar-refractivity contribution in [3.05, 3.63) is 24.3 Å². The van der Waals surface area contributed by atoms with E-state index in [1.807, 2.05) is 4.90 Å². The van der Waals surface area contributed by atoms with Gasteiger partial charge in [-0.3, -0.25) is 24.1 Å². The molecule has 1 N–H and O–H groups in total. The zero-order valence-corrected chi connectivity index (χ0v) is 18.7. The molecule has 3 fully saturated rings. The molecule has 1 aromatic rings. The van der Waals surface area contributed by atoms with Crippen molar-refractivity contribution in [2.45, 2.75) is 57.9 Å². The Morgan fingerprint density at radius 1 is 0.969 bits per heavy atom. The minimum Gasteiger partial charge on any atom is -0.342 e. The summed E-state index contributed by atoms with van der Waals surface area (Å²) in [7, 11) is 0. The molecule has 0 radical (unpaired) electrons. The van der Waals surface area contributed by atoms with E-state index in [1.54, 1.807) is 24.3 Å². The first-order chi connectivity index (χ1) is 15.4. The summed E-state index contributed by atoms with van der Waals surface area (Å²) >= 11 is 0. The molecule has 4 amide bonds. The minimum atomic E-state index is -0.485. The van der Waals surface area contributed by atoms with Crippen LogP contribution in [0.15, 0.2) is 24.3 Å². The monoisotopic (exact) mass is 440 g/mol. The Hall–Kier alpha value is -2.74. The van der Waals surface area contributed by atoms with Gasteiger partial charge in [-0.1, -0.05) is 18.9 Å². The third kappa shape index (κ3) is 4.85. The summed E-state index contributed by atoms with van der Waals surface area (Å²) in [4.78, 5) is 55.5. The van der Waals surface area contributed by atoms with E-state index in [2.05, 4.69) is 10.2 Å². The molecule has 0 aromatic heterocycles. The van der Waals surface area contributed by atoms with Crippen molar-refractivity contribution in [2.24, 2.45) is 5.92 Å². The maximum absolute atomic E-state index is 13.2. The van der Waals surface area contributed by atoms with E-state index in [0.29, 0.717) is 24.5 Å². The molecule has 8 nitrogen and oxygen atoms in total. The lowest BCUT2D eigenvalue weighted by molar-refractivity contribution is -0.137. The molecule has 8 heteroatoms. The predicted molar refractivity (Wildman–Crippen MR) is 121 cm³/mol. The minimum absolute atomic E-state index is 0.0157. The first kappa shape index (κ1) is 22.5. The number of hydrogen-bond acceptors (Lipinski definition) is 5. The smallest absolute Gasteiger partial charge is 0.251 e. The Labute approximate surface area is 188 Å². The number of carbonyl (C=O) groups is 4. The quantitative estimate of drug-likeness (QED) is 0.726. The Bertz CT molecular complexity index is 886. The third-order valence-corrected chi connectivity index (χ3v) is 6.78. The molecule has 1 atom stereocenters. The summed E-state index contributed by atoms with van der Waals surface area (Å²) < 4.78 is 0. The molecule has 3 heterocycles. The zero-order chi connectivity index (χ0) is 22.7. The molecule has 172 valence electrons. The average molecular weight is 441 g/mol. The molecular weight excluding hydrogens is 408 g/mol. The number of anilines is 2. The number of hydrogen-bond donors (Lipinski definition) is 1. The van der Waals surface area contributed by atoms with Gasteiger partial charge in [-0.25, -0.2) is 4.90 Å². The number of likely N-dealkylation sites (tertiary alicyclic amines) is 2. The highest BCUT2D eigenvalue weighted by molar-refractivity contribution is 6.22. The number of nitrogens with zero attached hydrogens (tertiary/aromatic N) is 3. The van der Waals surface area contributed by atoms with Crippen molar-refractivity contribution < 1.29 is 19.2 Å². The van der Waals surface area contributed by atoms with E-state index in [9.17, 15) is 19.2 Å². The Kier molecular flexibility index (Phi) is 6.89. The number of carbonyl (C=O) groups excluding carboxylic acids is 4. The van der Waals surface area contributed by atoms with Gasteiger partial charge >= 0.3 is 0 Å². The van der Waals surface area contributed by atoms with Gasteiger partial charge in [0.1, 0.15) is 0 Å². The lowest BCUT2D eigenvalue weighted by Gasteiger charge is -2.36. The van der Waals surface area contributed by atoms with Crippen LogP contribution < -0.4 is 10.2 Å². The third-order valence-electron chi connectivity index (χ3n) is 6.78. The van der Waals surface area contributed by atoms with Gasteiger partial charge < -0.3 is 10.2 Å². The highest BCUT2D eigenvalue weighted by Gasteiger charge is 2.44. The molecule has 4 rings (SSSR count). The standard InChI is InChI=1S/C24H32N4O4/c1-17(29)25-19-7-6-8-20(15-19)28-22(30)16-21(24(28)32)26-13-9-18(10-14-26)23(31)27-11-4-2-3-5-12-27/h6-8,15,18,21H,2-5,9-14,16H2,1H3,(H,25,29)/t21-/m0/s1. The number of imide groups is 1. The molecule has 0 spiro atoms. The fourth-order valence-corrected chi connectivity index (χ4v) is 5.11. The van der Waals surface area contributed by atoms with Crippen LogP contribution >= 0.6 is 0 Å². The summed E-state index contributed by atoms with van der Waals surface area (Å²) in [6.07, 6.45) is 6.17. The summed E-state index contributed by atoms with van der Waals surface area (Å²) in [5.74, 6) is -0.398. The molecule has 0 unspecified atom stereocenters. The summed E-state index contributed by atoms with van der Waals surface area (Å²) in [5, 5.41) is 2.68. The van der Waals surface area contributed by atoms with Crippen molar-refractivity contribution in [2.75, 3.05) is 36.4 Å². The molecule has 0 bridgehead atoms. The first-order valence-corrected chi connectivity index (χ1v) is 11.7. The molecule has 0 saturated carbocycles. The van der Waals surface area contributed by atoms with Crippen molar-refractivity contribution in [1.82, 2.24) is 9.80 Å². The highest BCUT2D eigenvalue weighted by atomic mass is 16.2. The maximum atomic E-state index is 13.2. The number of nitrogens with one attached hydrogen (secondary N) is 1. The number of rotatable bonds is 4. The van der Waals surface area contributed by atoms with E-state index in [0.717, 1.165) is 38.8 Å². The van der Waals surface area contributed by atoms with Gasteiger partial charge in [0.2, 0.25) is 17.7 Å². The van der Waals surface area contributed by atoms with E-state index < -0.39 is 6.04 Å². The largest absolute Gasteiger partial charge is 0.342 e. The highest BCUT2D eigenvalue weighted by Crippen LogP contribution is 2.30. The topological polar surface area (TPSA) is 90.0 Å². The van der Waals surface area contributed by atoms with E-state index in [4.69, 9.17) is 0 Å². The molecule has 32 heavy (non-hydrogen) atoms. The van der Waals surface area contributed by atoms with Crippen molar-refractivity contribution in [3.8, 4) is 0 Å². The van der Waals surface area contributed by atoms with Crippen LogP contribution in [0.2, 0.25) is 0 Å². The average Bonchev–Trinajstić information content (AvgIpc) is 2.95. The molecule has 3 saturated heterocycles. The van der Waals surface area contributed by atoms with Crippen molar-refractivity contribution in [3.63, 3.8) is 0 Å². The fourth-order valence-electron chi connectivity index (χ4n) is 5.11. The number of amides is 4. The zero-order valence-electron chi connectivity index (χ0n) is 18.7. The van der Waals surface area contributed by atoms with E-state index in [-0.39, 0.29) is 36.0 Å². The molecular formula is C24H32N4O4. The van der Waals surface area contributed by atoms with Crippen LogP contribution in [-0.4, -0.2) is 65.6 Å². The van der Waals surface area contributed by atoms with Crippen LogP contribution in [0, 0.1) is 5.92 Å². The molecule has 0 aliphatic carbocycles. The Morgan fingerprint density at radius 2 is 1.66 bits per heavy atom. The van der Waals surface area contributed by atoms with E-state index in [1.165, 1.54) is 24.7 Å². The van der Waals surface area contributed by atoms with Gasteiger partial charge in [-0.15, -0.1) is 0 Å². The van der Waals surface area contributed by atoms with Gasteiger partial charge in [-0.05, 0) is 57.0 Å². The fraction of sp³-hybridized carbons (Fsp3) is 0.583. The molecule has 1 aromatic carbocycles. The van der Waals surface area contributed by atoms with Gasteiger partial charge in [0.25, 0.3) is 5.91 Å². The lowest BCUT2D eigenvalue weighted by Crippen LogP contribution is -2.48. The number of benzene rings is 1. The van der Waals surface area contributed by atoms with Crippen LogP contribution in [0.3, 0.4) is 0 Å². The Morgan fingerprint density at radius 3 is 2.31 bits per heavy atom. The summed E-state index contributed by atoms with van der Waals surface area (Å²) in [6, 6.07) is 6.30. The van der Waals surface area contributed by atoms with Crippen LogP contribution in [0.1, 0.15) is 51.9 Å². The number of piperidine rings is 1. The van der Waals surface area contributed by atoms with Gasteiger partial charge in [-0.2, -0.15) is 0 Å². The van der Waals surface area contributed by atoms with Crippen LogP contribution in [-0.2, 0) is 19.2 Å². The first-order valence-electron chi connectivity index (χ1n) is 11.7. The molecule has 3 aliphatic rings. The van der Waals surface area contributed by atoms with Crippen LogP contribution in [0.4, 0.5) is 11.4 Å². The van der Waals surface area contributed by atoms with Crippen molar-refractivity contribution in [1.29, 1.82) is 0 Å². The van der Waals surface area contributed by atoms with Gasteiger partial charge in [0.15, 0.2) is 0 Å². The lowest BCUT2D eigenvalue weighted by atomic mass is 9.94. The normalized spacial score (nSPS) is 23.3. The predicted octanol–water partition coefficient (Wildman–Crippen LogP) is 2.39. The van der Waals surface area contributed by atoms with Gasteiger partial charge in [0, 0.05) is 31.6 Å². The Balaban J connectivity index is 1.37. The summed E-state index contributed by atoms with van der Waals surface area (Å²) in [6.45, 7) is 4.43. The van der Waals surface area contributed by atoms with Crippen molar-refractivity contribution >= 4 is 35.0 Å².